The minimum absolute atomic E-state index is 0.471. The number of thiocarbonyl (C=S) groups is 1. The number of benzene rings is 1. The van der Waals surface area contributed by atoms with E-state index in [1.54, 1.807) is 7.11 Å². The predicted molar refractivity (Wildman–Crippen MR) is 82.8 cm³/mol. The minimum atomic E-state index is 0.471. The number of allylic oxidation sites excluding steroid dienone is 2. The molecule has 0 radical (unpaired) electrons. The standard InChI is InChI=1S/C14H17N3OS/c1-10-6-7-12(8-10)16-17-14(19)15-11-4-3-5-13(9-11)18-2/h3-5,8-9H,6-7H2,1-2H3,(H2,15,17,19)/b16-12-. The third-order valence-electron chi connectivity index (χ3n) is 2.82. The molecule has 0 unspecified atom stereocenters. The molecule has 100 valence electrons. The highest BCUT2D eigenvalue weighted by Gasteiger charge is 2.06. The van der Waals surface area contributed by atoms with Crippen LogP contribution in [0.15, 0.2) is 41.0 Å². The van der Waals surface area contributed by atoms with Crippen molar-refractivity contribution in [3.63, 3.8) is 0 Å². The molecular weight excluding hydrogens is 258 g/mol. The zero-order valence-corrected chi connectivity index (χ0v) is 11.9. The topological polar surface area (TPSA) is 45.6 Å². The van der Waals surface area contributed by atoms with Crippen molar-refractivity contribution >= 4 is 28.7 Å². The molecule has 1 aromatic rings. The quantitative estimate of drug-likeness (QED) is 0.657. The van der Waals surface area contributed by atoms with Crippen molar-refractivity contribution < 1.29 is 4.74 Å². The van der Waals surface area contributed by atoms with E-state index in [0.717, 1.165) is 30.0 Å². The Balaban J connectivity index is 1.90. The van der Waals surface area contributed by atoms with Crippen LogP contribution in [0.2, 0.25) is 0 Å². The zero-order chi connectivity index (χ0) is 13.7. The normalized spacial score (nSPS) is 16.1. The number of rotatable bonds is 3. The molecule has 19 heavy (non-hydrogen) atoms. The highest BCUT2D eigenvalue weighted by Crippen LogP contribution is 2.17. The molecule has 0 atom stereocenters. The molecule has 0 amide bonds. The fraction of sp³-hybridized carbons (Fsp3) is 0.286. The summed E-state index contributed by atoms with van der Waals surface area (Å²) in [6.45, 7) is 2.11. The number of hydrogen-bond donors (Lipinski definition) is 2. The lowest BCUT2D eigenvalue weighted by Crippen LogP contribution is -2.24. The lowest BCUT2D eigenvalue weighted by molar-refractivity contribution is 0.415. The summed E-state index contributed by atoms with van der Waals surface area (Å²) in [5, 5.41) is 7.80. The van der Waals surface area contributed by atoms with E-state index < -0.39 is 0 Å². The summed E-state index contributed by atoms with van der Waals surface area (Å²) in [6.07, 6.45) is 4.14. The Labute approximate surface area is 118 Å². The Bertz CT molecular complexity index is 537. The first-order chi connectivity index (χ1) is 9.17. The number of hydrogen-bond acceptors (Lipinski definition) is 3. The van der Waals surface area contributed by atoms with Gasteiger partial charge in [-0.05, 0) is 50.2 Å². The number of nitrogens with one attached hydrogen (secondary N) is 2. The van der Waals surface area contributed by atoms with Crippen molar-refractivity contribution in [2.24, 2.45) is 5.10 Å². The summed E-state index contributed by atoms with van der Waals surface area (Å²) in [6, 6.07) is 7.58. The van der Waals surface area contributed by atoms with E-state index in [-0.39, 0.29) is 0 Å². The molecule has 0 aromatic heterocycles. The molecule has 0 saturated heterocycles. The van der Waals surface area contributed by atoms with E-state index in [4.69, 9.17) is 17.0 Å². The zero-order valence-electron chi connectivity index (χ0n) is 11.1. The van der Waals surface area contributed by atoms with Crippen LogP contribution in [-0.2, 0) is 0 Å². The Morgan fingerprint density at radius 1 is 1.37 bits per heavy atom. The van der Waals surface area contributed by atoms with E-state index in [2.05, 4.69) is 28.8 Å². The van der Waals surface area contributed by atoms with Gasteiger partial charge in [-0.3, -0.25) is 5.43 Å². The van der Waals surface area contributed by atoms with Crippen molar-refractivity contribution in [2.75, 3.05) is 12.4 Å². The van der Waals surface area contributed by atoms with Gasteiger partial charge < -0.3 is 10.1 Å². The summed E-state index contributed by atoms with van der Waals surface area (Å²) in [4.78, 5) is 0. The van der Waals surface area contributed by atoms with E-state index in [9.17, 15) is 0 Å². The predicted octanol–water partition coefficient (Wildman–Crippen LogP) is 3.08. The molecule has 1 aliphatic rings. The number of anilines is 1. The van der Waals surface area contributed by atoms with Crippen molar-refractivity contribution in [1.82, 2.24) is 5.43 Å². The average Bonchev–Trinajstić information content (AvgIpc) is 2.82. The Kier molecular flexibility index (Phi) is 4.52. The first-order valence-electron chi connectivity index (χ1n) is 6.12. The van der Waals surface area contributed by atoms with Gasteiger partial charge in [0.25, 0.3) is 0 Å². The van der Waals surface area contributed by atoms with E-state index in [0.29, 0.717) is 5.11 Å². The van der Waals surface area contributed by atoms with Crippen LogP contribution >= 0.6 is 12.2 Å². The van der Waals surface area contributed by atoms with Gasteiger partial charge in [0.1, 0.15) is 5.75 Å². The maximum absolute atomic E-state index is 5.19. The highest BCUT2D eigenvalue weighted by molar-refractivity contribution is 7.80. The Morgan fingerprint density at radius 2 is 2.21 bits per heavy atom. The summed E-state index contributed by atoms with van der Waals surface area (Å²) < 4.78 is 5.15. The van der Waals surface area contributed by atoms with Crippen LogP contribution in [0.25, 0.3) is 0 Å². The summed E-state index contributed by atoms with van der Waals surface area (Å²) in [5.41, 5.74) is 6.11. The SMILES string of the molecule is COc1cccc(NC(=S)N/N=C2\C=C(C)CC2)c1. The third kappa shape index (κ3) is 4.06. The van der Waals surface area contributed by atoms with Crippen LogP contribution in [-0.4, -0.2) is 17.9 Å². The van der Waals surface area contributed by atoms with Gasteiger partial charge in [-0.15, -0.1) is 0 Å². The summed E-state index contributed by atoms with van der Waals surface area (Å²) >= 11 is 5.19. The first kappa shape index (κ1) is 13.5. The Morgan fingerprint density at radius 3 is 2.89 bits per heavy atom. The second-order valence-corrected chi connectivity index (χ2v) is 4.80. The maximum atomic E-state index is 5.19. The van der Waals surface area contributed by atoms with Gasteiger partial charge in [-0.25, -0.2) is 0 Å². The smallest absolute Gasteiger partial charge is 0.191 e. The second-order valence-electron chi connectivity index (χ2n) is 4.39. The molecule has 2 N–H and O–H groups in total. The van der Waals surface area contributed by atoms with Crippen LogP contribution < -0.4 is 15.5 Å². The third-order valence-corrected chi connectivity index (χ3v) is 3.01. The fourth-order valence-electron chi connectivity index (χ4n) is 1.82. The van der Waals surface area contributed by atoms with Crippen LogP contribution in [0.5, 0.6) is 5.75 Å². The molecule has 2 rings (SSSR count). The molecule has 0 aliphatic heterocycles. The monoisotopic (exact) mass is 275 g/mol. The molecule has 0 heterocycles. The van der Waals surface area contributed by atoms with Crippen LogP contribution in [0.3, 0.4) is 0 Å². The van der Waals surface area contributed by atoms with Crippen LogP contribution in [0.4, 0.5) is 5.69 Å². The molecule has 5 heteroatoms. The summed E-state index contributed by atoms with van der Waals surface area (Å²) in [7, 11) is 1.64. The van der Waals surface area contributed by atoms with Gasteiger partial charge in [0.15, 0.2) is 5.11 Å². The number of nitrogens with zero attached hydrogens (tertiary/aromatic N) is 1. The second kappa shape index (κ2) is 6.33. The molecule has 0 fully saturated rings. The first-order valence-corrected chi connectivity index (χ1v) is 6.53. The van der Waals surface area contributed by atoms with Crippen molar-refractivity contribution in [2.45, 2.75) is 19.8 Å². The van der Waals surface area contributed by atoms with Gasteiger partial charge in [0.2, 0.25) is 0 Å². The van der Waals surface area contributed by atoms with Gasteiger partial charge in [0, 0.05) is 11.8 Å². The molecule has 0 spiro atoms. The van der Waals surface area contributed by atoms with Crippen LogP contribution in [0.1, 0.15) is 19.8 Å². The largest absolute Gasteiger partial charge is 0.497 e. The molecule has 1 aromatic carbocycles. The minimum Gasteiger partial charge on any atom is -0.497 e. The lowest BCUT2D eigenvalue weighted by atomic mass is 10.3. The van der Waals surface area contributed by atoms with Gasteiger partial charge in [-0.1, -0.05) is 11.6 Å². The van der Waals surface area contributed by atoms with Gasteiger partial charge >= 0.3 is 0 Å². The highest BCUT2D eigenvalue weighted by atomic mass is 32.1. The van der Waals surface area contributed by atoms with Crippen molar-refractivity contribution in [3.8, 4) is 5.75 Å². The van der Waals surface area contributed by atoms with Crippen LogP contribution in [0, 0.1) is 0 Å². The van der Waals surface area contributed by atoms with E-state index >= 15 is 0 Å². The number of ether oxygens (including phenoxy) is 1. The number of methoxy groups -OCH3 is 1. The molecule has 4 nitrogen and oxygen atoms in total. The molecule has 1 aliphatic carbocycles. The maximum Gasteiger partial charge on any atom is 0.191 e. The van der Waals surface area contributed by atoms with Gasteiger partial charge in [0.05, 0.1) is 12.8 Å². The van der Waals surface area contributed by atoms with E-state index in [1.165, 1.54) is 5.57 Å². The molecular formula is C14H17N3OS. The molecule has 0 bridgehead atoms. The van der Waals surface area contributed by atoms with Gasteiger partial charge in [-0.2, -0.15) is 5.10 Å². The summed E-state index contributed by atoms with van der Waals surface area (Å²) in [5.74, 6) is 0.786. The van der Waals surface area contributed by atoms with Crippen molar-refractivity contribution in [1.29, 1.82) is 0 Å². The lowest BCUT2D eigenvalue weighted by Gasteiger charge is -2.08. The average molecular weight is 275 g/mol. The Hall–Kier alpha value is -1.88. The van der Waals surface area contributed by atoms with E-state index in [1.807, 2.05) is 24.3 Å². The molecule has 0 saturated carbocycles. The fourth-order valence-corrected chi connectivity index (χ4v) is 1.99. The number of hydrazone groups is 1. The van der Waals surface area contributed by atoms with Crippen molar-refractivity contribution in [3.05, 3.63) is 35.9 Å².